The number of carboxylic acids is 1. The molecule has 1 aliphatic heterocycles. The van der Waals surface area contributed by atoms with Crippen molar-refractivity contribution in [3.8, 4) is 0 Å². The van der Waals surface area contributed by atoms with Crippen molar-refractivity contribution in [2.24, 2.45) is 0 Å². The van der Waals surface area contributed by atoms with E-state index in [1.165, 1.54) is 12.1 Å². The molecule has 0 saturated carbocycles. The first-order chi connectivity index (χ1) is 9.16. The quantitative estimate of drug-likeness (QED) is 0.816. The van der Waals surface area contributed by atoms with Crippen LogP contribution in [-0.4, -0.2) is 29.1 Å². The summed E-state index contributed by atoms with van der Waals surface area (Å²) in [7, 11) is 0. The first kappa shape index (κ1) is 16.9. The number of halogens is 2. The number of benzene rings is 1. The van der Waals surface area contributed by atoms with Crippen LogP contribution in [-0.2, 0) is 4.79 Å². The highest BCUT2D eigenvalue weighted by atomic mass is 35.5. The summed E-state index contributed by atoms with van der Waals surface area (Å²) in [6, 6.07) is 7.10. The molecule has 0 bridgehead atoms. The van der Waals surface area contributed by atoms with Crippen molar-refractivity contribution < 1.29 is 14.3 Å². The Kier molecular flexibility index (Phi) is 6.96. The molecule has 2 rings (SSSR count). The fourth-order valence-corrected chi connectivity index (χ4v) is 2.75. The average molecular weight is 302 g/mol. The molecule has 1 fully saturated rings. The van der Waals surface area contributed by atoms with Gasteiger partial charge in [-0.1, -0.05) is 12.1 Å². The molecule has 0 radical (unpaired) electrons. The molecule has 112 valence electrons. The van der Waals surface area contributed by atoms with Crippen LogP contribution in [0.4, 0.5) is 4.39 Å². The SMILES string of the molecule is Cl.O=C(O)CCCCN1CCCC1c1ccc(F)cc1. The Balaban J connectivity index is 0.00000200. The number of carboxylic acid groups (broad SMARTS) is 1. The highest BCUT2D eigenvalue weighted by Crippen LogP contribution is 2.32. The van der Waals surface area contributed by atoms with E-state index in [0.717, 1.165) is 44.3 Å². The Morgan fingerprint density at radius 2 is 2.00 bits per heavy atom. The van der Waals surface area contributed by atoms with Crippen LogP contribution in [0.2, 0.25) is 0 Å². The van der Waals surface area contributed by atoms with Gasteiger partial charge in [0.25, 0.3) is 0 Å². The summed E-state index contributed by atoms with van der Waals surface area (Å²) in [5, 5.41) is 8.61. The maximum atomic E-state index is 12.9. The molecule has 5 heteroatoms. The van der Waals surface area contributed by atoms with Crippen LogP contribution in [0.15, 0.2) is 24.3 Å². The third kappa shape index (κ3) is 4.76. The number of nitrogens with zero attached hydrogens (tertiary/aromatic N) is 1. The van der Waals surface area contributed by atoms with Gasteiger partial charge in [-0.3, -0.25) is 9.69 Å². The molecule has 3 nitrogen and oxygen atoms in total. The summed E-state index contributed by atoms with van der Waals surface area (Å²) >= 11 is 0. The summed E-state index contributed by atoms with van der Waals surface area (Å²) in [6.07, 6.45) is 4.13. The summed E-state index contributed by atoms with van der Waals surface area (Å²) in [6.45, 7) is 1.98. The standard InChI is InChI=1S/C15H20FNO2.ClH/c16-13-8-6-12(7-9-13)14-4-3-11-17(14)10-2-1-5-15(18)19;/h6-9,14H,1-5,10-11H2,(H,18,19);1H. The van der Waals surface area contributed by atoms with Crippen LogP contribution in [0, 0.1) is 5.82 Å². The van der Waals surface area contributed by atoms with E-state index in [1.807, 2.05) is 12.1 Å². The molecular formula is C15H21ClFNO2. The fraction of sp³-hybridized carbons (Fsp3) is 0.533. The Hall–Kier alpha value is -1.13. The maximum Gasteiger partial charge on any atom is 0.303 e. The Morgan fingerprint density at radius 3 is 2.65 bits per heavy atom. The zero-order chi connectivity index (χ0) is 13.7. The normalized spacial score (nSPS) is 18.8. The summed E-state index contributed by atoms with van der Waals surface area (Å²) in [5.41, 5.74) is 1.16. The lowest BCUT2D eigenvalue weighted by molar-refractivity contribution is -0.137. The number of hydrogen-bond acceptors (Lipinski definition) is 2. The highest BCUT2D eigenvalue weighted by molar-refractivity contribution is 5.85. The van der Waals surface area contributed by atoms with Crippen molar-refractivity contribution in [1.29, 1.82) is 0 Å². The van der Waals surface area contributed by atoms with Crippen molar-refractivity contribution in [3.63, 3.8) is 0 Å². The Morgan fingerprint density at radius 1 is 1.30 bits per heavy atom. The number of likely N-dealkylation sites (tertiary alicyclic amines) is 1. The van der Waals surface area contributed by atoms with Gasteiger partial charge in [-0.25, -0.2) is 4.39 Å². The second-order valence-electron chi connectivity index (χ2n) is 5.10. The zero-order valence-corrected chi connectivity index (χ0v) is 12.2. The molecule has 1 N–H and O–H groups in total. The monoisotopic (exact) mass is 301 g/mol. The maximum absolute atomic E-state index is 12.9. The molecule has 0 amide bonds. The lowest BCUT2D eigenvalue weighted by Crippen LogP contribution is -2.24. The minimum Gasteiger partial charge on any atom is -0.481 e. The van der Waals surface area contributed by atoms with Crippen LogP contribution >= 0.6 is 12.4 Å². The summed E-state index contributed by atoms with van der Waals surface area (Å²) in [4.78, 5) is 12.8. The number of aliphatic carboxylic acids is 1. The van der Waals surface area contributed by atoms with E-state index in [9.17, 15) is 9.18 Å². The molecular weight excluding hydrogens is 281 g/mol. The highest BCUT2D eigenvalue weighted by Gasteiger charge is 2.25. The molecule has 1 aromatic carbocycles. The number of unbranched alkanes of at least 4 members (excludes halogenated alkanes) is 1. The van der Waals surface area contributed by atoms with E-state index >= 15 is 0 Å². The van der Waals surface area contributed by atoms with Gasteiger partial charge in [-0.15, -0.1) is 12.4 Å². The molecule has 1 aromatic rings. The lowest BCUT2D eigenvalue weighted by Gasteiger charge is -2.24. The molecule has 1 atom stereocenters. The molecule has 1 aliphatic rings. The lowest BCUT2D eigenvalue weighted by atomic mass is 10.0. The van der Waals surface area contributed by atoms with Crippen LogP contribution < -0.4 is 0 Å². The van der Waals surface area contributed by atoms with Crippen molar-refractivity contribution in [3.05, 3.63) is 35.6 Å². The van der Waals surface area contributed by atoms with Gasteiger partial charge in [0.1, 0.15) is 5.82 Å². The van der Waals surface area contributed by atoms with Gasteiger partial charge in [0.2, 0.25) is 0 Å². The number of hydrogen-bond donors (Lipinski definition) is 1. The minimum atomic E-state index is -0.725. The van der Waals surface area contributed by atoms with E-state index in [2.05, 4.69) is 4.90 Å². The molecule has 0 spiro atoms. The molecule has 1 saturated heterocycles. The minimum absolute atomic E-state index is 0. The van der Waals surface area contributed by atoms with Crippen LogP contribution in [0.3, 0.4) is 0 Å². The predicted octanol–water partition coefficient (Wildman–Crippen LogP) is 3.64. The molecule has 1 heterocycles. The van der Waals surface area contributed by atoms with Gasteiger partial charge in [-0.2, -0.15) is 0 Å². The predicted molar refractivity (Wildman–Crippen MR) is 78.7 cm³/mol. The second-order valence-corrected chi connectivity index (χ2v) is 5.10. The Bertz CT molecular complexity index is 424. The Labute approximate surface area is 125 Å². The van der Waals surface area contributed by atoms with Gasteiger partial charge in [0, 0.05) is 12.5 Å². The van der Waals surface area contributed by atoms with E-state index in [4.69, 9.17) is 5.11 Å². The van der Waals surface area contributed by atoms with E-state index < -0.39 is 5.97 Å². The number of rotatable bonds is 6. The molecule has 20 heavy (non-hydrogen) atoms. The van der Waals surface area contributed by atoms with E-state index in [1.54, 1.807) is 0 Å². The first-order valence-electron chi connectivity index (χ1n) is 6.88. The largest absolute Gasteiger partial charge is 0.481 e. The van der Waals surface area contributed by atoms with Gasteiger partial charge < -0.3 is 5.11 Å². The fourth-order valence-electron chi connectivity index (χ4n) is 2.75. The number of carbonyl (C=O) groups is 1. The van der Waals surface area contributed by atoms with Gasteiger partial charge in [0.15, 0.2) is 0 Å². The van der Waals surface area contributed by atoms with Crippen LogP contribution in [0.1, 0.15) is 43.7 Å². The zero-order valence-electron chi connectivity index (χ0n) is 11.4. The molecule has 1 unspecified atom stereocenters. The first-order valence-corrected chi connectivity index (χ1v) is 6.88. The summed E-state index contributed by atoms with van der Waals surface area (Å²) in [5.74, 6) is -0.925. The van der Waals surface area contributed by atoms with Crippen LogP contribution in [0.25, 0.3) is 0 Å². The topological polar surface area (TPSA) is 40.5 Å². The molecule has 0 aromatic heterocycles. The summed E-state index contributed by atoms with van der Waals surface area (Å²) < 4.78 is 12.9. The van der Waals surface area contributed by atoms with Crippen molar-refractivity contribution >= 4 is 18.4 Å². The van der Waals surface area contributed by atoms with Gasteiger partial charge >= 0.3 is 5.97 Å². The van der Waals surface area contributed by atoms with Crippen molar-refractivity contribution in [2.75, 3.05) is 13.1 Å². The van der Waals surface area contributed by atoms with Crippen molar-refractivity contribution in [1.82, 2.24) is 4.90 Å². The van der Waals surface area contributed by atoms with E-state index in [-0.39, 0.29) is 24.6 Å². The van der Waals surface area contributed by atoms with E-state index in [0.29, 0.717) is 6.04 Å². The average Bonchev–Trinajstić information content (AvgIpc) is 2.84. The third-order valence-electron chi connectivity index (χ3n) is 3.70. The van der Waals surface area contributed by atoms with Crippen LogP contribution in [0.5, 0.6) is 0 Å². The van der Waals surface area contributed by atoms with Gasteiger partial charge in [0.05, 0.1) is 0 Å². The third-order valence-corrected chi connectivity index (χ3v) is 3.70. The smallest absolute Gasteiger partial charge is 0.303 e. The molecule has 0 aliphatic carbocycles. The van der Waals surface area contributed by atoms with Crippen molar-refractivity contribution in [2.45, 2.75) is 38.1 Å². The van der Waals surface area contributed by atoms with Gasteiger partial charge in [-0.05, 0) is 56.5 Å². The second kappa shape index (κ2) is 8.22.